The van der Waals surface area contributed by atoms with Gasteiger partial charge in [-0.2, -0.15) is 0 Å². The topological polar surface area (TPSA) is 45.7 Å². The van der Waals surface area contributed by atoms with Crippen LogP contribution in [0.2, 0.25) is 0 Å². The maximum absolute atomic E-state index is 12.6. The van der Waals surface area contributed by atoms with E-state index < -0.39 is 0 Å². The third kappa shape index (κ3) is 3.03. The molecule has 0 aliphatic carbocycles. The number of aromatic nitrogens is 1. The summed E-state index contributed by atoms with van der Waals surface area (Å²) in [6, 6.07) is 11.0. The molecule has 0 unspecified atom stereocenters. The van der Waals surface area contributed by atoms with Crippen LogP contribution in [0, 0.1) is 5.92 Å². The lowest BCUT2D eigenvalue weighted by Gasteiger charge is -2.42. The number of piperidine rings is 1. The average Bonchev–Trinajstić information content (AvgIpc) is 3.08. The van der Waals surface area contributed by atoms with E-state index in [0.717, 1.165) is 39.3 Å². The van der Waals surface area contributed by atoms with Crippen LogP contribution in [-0.2, 0) is 4.74 Å². The highest BCUT2D eigenvalue weighted by Gasteiger charge is 2.37. The van der Waals surface area contributed by atoms with Crippen LogP contribution >= 0.6 is 11.3 Å². The molecule has 0 bridgehead atoms. The zero-order chi connectivity index (χ0) is 16.4. The normalized spacial score (nSPS) is 24.3. The monoisotopic (exact) mass is 343 g/mol. The summed E-state index contributed by atoms with van der Waals surface area (Å²) in [4.78, 5) is 21.1. The Hall–Kier alpha value is -1.92. The number of para-hydroxylation sites is 1. The van der Waals surface area contributed by atoms with Crippen molar-refractivity contribution < 1.29 is 9.53 Å². The fourth-order valence-electron chi connectivity index (χ4n) is 3.76. The van der Waals surface area contributed by atoms with Crippen LogP contribution in [0.25, 0.3) is 0 Å². The number of carbonyl (C=O) groups excluding carboxylic acids is 1. The van der Waals surface area contributed by atoms with E-state index in [-0.39, 0.29) is 5.91 Å². The number of anilines is 1. The summed E-state index contributed by atoms with van der Waals surface area (Å²) in [5, 5.41) is 1.83. The van der Waals surface area contributed by atoms with E-state index in [4.69, 9.17) is 4.74 Å². The molecule has 2 atom stereocenters. The summed E-state index contributed by atoms with van der Waals surface area (Å²) in [6.07, 6.45) is 0.971. The molecule has 0 N–H and O–H groups in total. The van der Waals surface area contributed by atoms with Crippen LogP contribution in [0.1, 0.15) is 16.9 Å². The summed E-state index contributed by atoms with van der Waals surface area (Å²) < 4.78 is 5.84. The minimum atomic E-state index is 0.0465. The van der Waals surface area contributed by atoms with E-state index in [0.29, 0.717) is 17.7 Å². The molecule has 0 radical (unpaired) electrons. The number of fused-ring (bicyclic) bond motifs is 1. The van der Waals surface area contributed by atoms with Crippen LogP contribution in [-0.4, -0.2) is 54.7 Å². The fourth-order valence-corrected chi connectivity index (χ4v) is 4.29. The van der Waals surface area contributed by atoms with Gasteiger partial charge in [-0.25, -0.2) is 4.98 Å². The van der Waals surface area contributed by atoms with Crippen molar-refractivity contribution in [2.75, 3.05) is 37.7 Å². The highest BCUT2D eigenvalue weighted by Crippen LogP contribution is 2.29. The number of hydrogen-bond acceptors (Lipinski definition) is 5. The van der Waals surface area contributed by atoms with Gasteiger partial charge in [-0.1, -0.05) is 18.2 Å². The molecule has 0 spiro atoms. The molecule has 2 aliphatic rings. The first kappa shape index (κ1) is 15.6. The number of ether oxygens (including phenoxy) is 1. The van der Waals surface area contributed by atoms with Crippen LogP contribution < -0.4 is 4.90 Å². The van der Waals surface area contributed by atoms with E-state index in [1.807, 2.05) is 16.3 Å². The Morgan fingerprint density at radius 2 is 2.12 bits per heavy atom. The van der Waals surface area contributed by atoms with E-state index in [2.05, 4.69) is 34.1 Å². The van der Waals surface area contributed by atoms with Gasteiger partial charge < -0.3 is 14.5 Å². The van der Waals surface area contributed by atoms with Crippen LogP contribution in [0.4, 0.5) is 5.69 Å². The van der Waals surface area contributed by atoms with Crippen LogP contribution in [0.15, 0.2) is 41.2 Å². The first-order chi connectivity index (χ1) is 11.8. The second-order valence-corrected chi connectivity index (χ2v) is 7.06. The van der Waals surface area contributed by atoms with Gasteiger partial charge in [-0.3, -0.25) is 4.79 Å². The average molecular weight is 343 g/mol. The van der Waals surface area contributed by atoms with E-state index in [9.17, 15) is 4.79 Å². The Labute approximate surface area is 145 Å². The van der Waals surface area contributed by atoms with Gasteiger partial charge in [0.25, 0.3) is 5.91 Å². The molecule has 2 aliphatic heterocycles. The molecule has 1 aromatic heterocycles. The lowest BCUT2D eigenvalue weighted by atomic mass is 9.91. The number of rotatable bonds is 2. The minimum absolute atomic E-state index is 0.0465. The standard InChI is InChI=1S/C18H21N3O2S/c22-18(16-12-24-13-19-16)20-7-6-17-14(10-20)11-23-9-8-21(17)15-4-2-1-3-5-15/h1-5,12-14,17H,6-11H2/t14-,17+/m1/s1. The number of hydrogen-bond donors (Lipinski definition) is 0. The van der Waals surface area contributed by atoms with Crippen molar-refractivity contribution in [1.29, 1.82) is 0 Å². The van der Waals surface area contributed by atoms with Crippen molar-refractivity contribution in [1.82, 2.24) is 9.88 Å². The molecular weight excluding hydrogens is 322 g/mol. The Morgan fingerprint density at radius 1 is 1.25 bits per heavy atom. The summed E-state index contributed by atoms with van der Waals surface area (Å²) >= 11 is 1.46. The first-order valence-corrected chi connectivity index (χ1v) is 9.34. The third-order valence-electron chi connectivity index (χ3n) is 4.93. The number of carbonyl (C=O) groups is 1. The fraction of sp³-hybridized carbons (Fsp3) is 0.444. The maximum Gasteiger partial charge on any atom is 0.273 e. The van der Waals surface area contributed by atoms with Crippen molar-refractivity contribution >= 4 is 22.9 Å². The number of amides is 1. The third-order valence-corrected chi connectivity index (χ3v) is 5.52. The van der Waals surface area contributed by atoms with Gasteiger partial charge >= 0.3 is 0 Å². The predicted molar refractivity (Wildman–Crippen MR) is 94.5 cm³/mol. The van der Waals surface area contributed by atoms with Crippen molar-refractivity contribution in [2.45, 2.75) is 12.5 Å². The van der Waals surface area contributed by atoms with Gasteiger partial charge in [0.05, 0.1) is 18.7 Å². The maximum atomic E-state index is 12.6. The zero-order valence-electron chi connectivity index (χ0n) is 13.5. The number of nitrogens with zero attached hydrogens (tertiary/aromatic N) is 3. The van der Waals surface area contributed by atoms with Gasteiger partial charge in [-0.15, -0.1) is 11.3 Å². The molecule has 2 saturated heterocycles. The molecule has 2 fully saturated rings. The number of benzene rings is 1. The van der Waals surface area contributed by atoms with Crippen molar-refractivity contribution in [2.24, 2.45) is 5.92 Å². The largest absolute Gasteiger partial charge is 0.379 e. The van der Waals surface area contributed by atoms with Crippen LogP contribution in [0.3, 0.4) is 0 Å². The minimum Gasteiger partial charge on any atom is -0.379 e. The highest BCUT2D eigenvalue weighted by molar-refractivity contribution is 7.07. The Balaban J connectivity index is 1.52. The highest BCUT2D eigenvalue weighted by atomic mass is 32.1. The molecule has 2 aromatic rings. The molecule has 6 heteroatoms. The molecule has 3 heterocycles. The van der Waals surface area contributed by atoms with E-state index in [1.165, 1.54) is 17.0 Å². The van der Waals surface area contributed by atoms with Gasteiger partial charge in [-0.05, 0) is 18.6 Å². The summed E-state index contributed by atoms with van der Waals surface area (Å²) in [5.41, 5.74) is 3.52. The van der Waals surface area contributed by atoms with Gasteiger partial charge in [0, 0.05) is 42.7 Å². The molecule has 24 heavy (non-hydrogen) atoms. The van der Waals surface area contributed by atoms with E-state index in [1.54, 1.807) is 5.51 Å². The van der Waals surface area contributed by atoms with Crippen LogP contribution in [0.5, 0.6) is 0 Å². The van der Waals surface area contributed by atoms with Crippen molar-refractivity contribution in [3.8, 4) is 0 Å². The quantitative estimate of drug-likeness (QED) is 0.841. The smallest absolute Gasteiger partial charge is 0.273 e. The lowest BCUT2D eigenvalue weighted by Crippen LogP contribution is -2.53. The molecule has 126 valence electrons. The molecule has 1 amide bonds. The van der Waals surface area contributed by atoms with Crippen molar-refractivity contribution in [3.63, 3.8) is 0 Å². The molecule has 5 nitrogen and oxygen atoms in total. The summed E-state index contributed by atoms with van der Waals surface area (Å²) in [5.74, 6) is 0.384. The summed E-state index contributed by atoms with van der Waals surface area (Å²) in [6.45, 7) is 3.88. The molecule has 1 aromatic carbocycles. The Kier molecular flexibility index (Phi) is 4.49. The zero-order valence-corrected chi connectivity index (χ0v) is 14.3. The number of likely N-dealkylation sites (tertiary alicyclic amines) is 1. The SMILES string of the molecule is O=C(c1cscn1)N1CC[C@H]2[C@@H](COCCN2c2ccccc2)C1. The second kappa shape index (κ2) is 6.91. The predicted octanol–water partition coefficient (Wildman–Crippen LogP) is 2.51. The van der Waals surface area contributed by atoms with Gasteiger partial charge in [0.1, 0.15) is 5.69 Å². The Morgan fingerprint density at radius 3 is 2.92 bits per heavy atom. The Bertz CT molecular complexity index is 677. The molecule has 0 saturated carbocycles. The van der Waals surface area contributed by atoms with E-state index >= 15 is 0 Å². The first-order valence-electron chi connectivity index (χ1n) is 8.40. The van der Waals surface area contributed by atoms with Gasteiger partial charge in [0.2, 0.25) is 0 Å². The number of thiazole rings is 1. The lowest BCUT2D eigenvalue weighted by molar-refractivity contribution is 0.0517. The molecular formula is C18H21N3O2S. The second-order valence-electron chi connectivity index (χ2n) is 6.34. The molecule has 4 rings (SSSR count). The summed E-state index contributed by atoms with van der Waals surface area (Å²) in [7, 11) is 0. The van der Waals surface area contributed by atoms with Gasteiger partial charge in [0.15, 0.2) is 0 Å². The van der Waals surface area contributed by atoms with Crippen molar-refractivity contribution in [3.05, 3.63) is 46.9 Å².